The van der Waals surface area contributed by atoms with Crippen LogP contribution in [0.15, 0.2) is 51.9 Å². The van der Waals surface area contributed by atoms with E-state index in [-0.39, 0.29) is 12.2 Å². The van der Waals surface area contributed by atoms with Crippen molar-refractivity contribution in [3.05, 3.63) is 58.1 Å². The number of nitrogens with zero attached hydrogens (tertiary/aromatic N) is 1. The van der Waals surface area contributed by atoms with Crippen LogP contribution in [0.3, 0.4) is 0 Å². The molecule has 2 atom stereocenters. The van der Waals surface area contributed by atoms with Gasteiger partial charge in [-0.1, -0.05) is 29.8 Å². The summed E-state index contributed by atoms with van der Waals surface area (Å²) in [5, 5.41) is 13.9. The van der Waals surface area contributed by atoms with Gasteiger partial charge in [-0.05, 0) is 60.9 Å². The van der Waals surface area contributed by atoms with Gasteiger partial charge in [-0.25, -0.2) is 0 Å². The molecule has 0 unspecified atom stereocenters. The molecule has 0 saturated heterocycles. The zero-order chi connectivity index (χ0) is 18.7. The van der Waals surface area contributed by atoms with Crippen molar-refractivity contribution >= 4 is 21.6 Å². The van der Waals surface area contributed by atoms with Crippen LogP contribution in [0.25, 0.3) is 0 Å². The highest BCUT2D eigenvalue weighted by Gasteiger charge is 2.28. The Labute approximate surface area is 163 Å². The highest BCUT2D eigenvalue weighted by Crippen LogP contribution is 2.33. The van der Waals surface area contributed by atoms with Crippen LogP contribution in [-0.4, -0.2) is 23.6 Å². The smallest absolute Gasteiger partial charge is 0.120 e. The summed E-state index contributed by atoms with van der Waals surface area (Å²) in [4.78, 5) is 4.93. The lowest BCUT2D eigenvalue weighted by Gasteiger charge is -2.32. The summed E-state index contributed by atoms with van der Waals surface area (Å²) in [6.07, 6.45) is 0.731. The second-order valence-electron chi connectivity index (χ2n) is 6.85. The molecule has 0 amide bonds. The molecule has 1 heterocycles. The van der Waals surface area contributed by atoms with Gasteiger partial charge in [0.1, 0.15) is 17.7 Å². The molecule has 2 N–H and O–H groups in total. The van der Waals surface area contributed by atoms with Crippen molar-refractivity contribution in [1.29, 1.82) is 0 Å². The van der Waals surface area contributed by atoms with Crippen molar-refractivity contribution in [3.8, 4) is 11.5 Å². The molecule has 0 saturated carbocycles. The fourth-order valence-corrected chi connectivity index (χ4v) is 3.54. The topological polar surface area (TPSA) is 53.8 Å². The first-order valence-corrected chi connectivity index (χ1v) is 9.81. The molecular formula is C21H25BrN2O2. The molecule has 0 spiro atoms. The molecule has 0 bridgehead atoms. The average Bonchev–Trinajstić information content (AvgIpc) is 2.64. The molecule has 0 aromatic heterocycles. The molecule has 0 radical (unpaired) electrons. The largest absolute Gasteiger partial charge is 0.508 e. The van der Waals surface area contributed by atoms with Crippen LogP contribution in [0, 0.1) is 5.92 Å². The average molecular weight is 417 g/mol. The van der Waals surface area contributed by atoms with E-state index in [9.17, 15) is 5.11 Å². The molecule has 1 aliphatic heterocycles. The van der Waals surface area contributed by atoms with E-state index in [0.717, 1.165) is 33.5 Å². The Morgan fingerprint density at radius 2 is 1.96 bits per heavy atom. The zero-order valence-electron chi connectivity index (χ0n) is 15.4. The minimum atomic E-state index is 0.00806. The Bertz CT molecular complexity index is 787. The Kier molecular flexibility index (Phi) is 5.99. The number of halogens is 1. The molecule has 1 aliphatic rings. The predicted molar refractivity (Wildman–Crippen MR) is 109 cm³/mol. The van der Waals surface area contributed by atoms with Crippen molar-refractivity contribution in [2.24, 2.45) is 10.9 Å². The van der Waals surface area contributed by atoms with E-state index in [0.29, 0.717) is 18.3 Å². The summed E-state index contributed by atoms with van der Waals surface area (Å²) >= 11 is 3.51. The third kappa shape index (κ3) is 4.27. The van der Waals surface area contributed by atoms with E-state index >= 15 is 0 Å². The lowest BCUT2D eigenvalue weighted by atomic mass is 9.93. The van der Waals surface area contributed by atoms with E-state index in [1.54, 1.807) is 6.07 Å². The highest BCUT2D eigenvalue weighted by molar-refractivity contribution is 9.10. The number of rotatable bonds is 5. The molecule has 2 aromatic rings. The maximum absolute atomic E-state index is 10.3. The summed E-state index contributed by atoms with van der Waals surface area (Å²) < 4.78 is 6.49. The van der Waals surface area contributed by atoms with Crippen LogP contribution in [0.2, 0.25) is 0 Å². The van der Waals surface area contributed by atoms with Crippen LogP contribution >= 0.6 is 15.9 Å². The molecule has 26 heavy (non-hydrogen) atoms. The van der Waals surface area contributed by atoms with E-state index in [2.05, 4.69) is 47.2 Å². The van der Waals surface area contributed by atoms with E-state index in [1.807, 2.05) is 31.2 Å². The lowest BCUT2D eigenvalue weighted by molar-refractivity contribution is 0.340. The van der Waals surface area contributed by atoms with Crippen LogP contribution in [0.1, 0.15) is 44.4 Å². The molecule has 0 aliphatic carbocycles. The van der Waals surface area contributed by atoms with Crippen molar-refractivity contribution in [2.45, 2.75) is 39.4 Å². The lowest BCUT2D eigenvalue weighted by Crippen LogP contribution is -2.41. The molecule has 0 fully saturated rings. The van der Waals surface area contributed by atoms with Crippen LogP contribution in [0.4, 0.5) is 0 Å². The van der Waals surface area contributed by atoms with Gasteiger partial charge in [0, 0.05) is 28.2 Å². The number of hydrogen-bond acceptors (Lipinski definition) is 4. The van der Waals surface area contributed by atoms with E-state index < -0.39 is 0 Å². The van der Waals surface area contributed by atoms with E-state index in [4.69, 9.17) is 9.73 Å². The Morgan fingerprint density at radius 3 is 2.62 bits per heavy atom. The van der Waals surface area contributed by atoms with Gasteiger partial charge in [-0.3, -0.25) is 10.3 Å². The van der Waals surface area contributed by atoms with Gasteiger partial charge in [0.05, 0.1) is 6.61 Å². The normalized spacial score (nSPS) is 20.1. The minimum Gasteiger partial charge on any atom is -0.508 e. The summed E-state index contributed by atoms with van der Waals surface area (Å²) in [6.45, 7) is 6.94. The highest BCUT2D eigenvalue weighted by atomic mass is 79.9. The van der Waals surface area contributed by atoms with Gasteiger partial charge in [0.25, 0.3) is 0 Å². The SMILES string of the molecule is CCOc1ccc(C2=N[C@H](C(C)C)N[C@H](c3cc(Br)ccc3O)C2)cc1. The van der Waals surface area contributed by atoms with E-state index in [1.165, 1.54) is 0 Å². The molecule has 138 valence electrons. The van der Waals surface area contributed by atoms with Gasteiger partial charge in [-0.15, -0.1) is 0 Å². The first-order valence-electron chi connectivity index (χ1n) is 9.02. The fraction of sp³-hybridized carbons (Fsp3) is 0.381. The Hall–Kier alpha value is -1.85. The van der Waals surface area contributed by atoms with Crippen LogP contribution < -0.4 is 10.1 Å². The number of phenolic OH excluding ortho intramolecular Hbond substituents is 1. The van der Waals surface area contributed by atoms with Gasteiger partial charge in [0.2, 0.25) is 0 Å². The standard InChI is InChI=1S/C21H25BrN2O2/c1-4-26-16-8-5-14(6-9-16)18-12-19(24-21(23-18)13(2)3)17-11-15(22)7-10-20(17)25/h5-11,13,19,21,24-25H,4,12H2,1-3H3/t19-,21-/m0/s1. The molecule has 4 nitrogen and oxygen atoms in total. The van der Waals surface area contributed by atoms with Gasteiger partial charge < -0.3 is 9.84 Å². The third-order valence-corrected chi connectivity index (χ3v) is 5.05. The second-order valence-corrected chi connectivity index (χ2v) is 7.76. The molecule has 5 heteroatoms. The Morgan fingerprint density at radius 1 is 1.23 bits per heavy atom. The molecular weight excluding hydrogens is 392 g/mol. The first kappa shape index (κ1) is 18.9. The fourth-order valence-electron chi connectivity index (χ4n) is 3.16. The van der Waals surface area contributed by atoms with Gasteiger partial charge in [-0.2, -0.15) is 0 Å². The van der Waals surface area contributed by atoms with Crippen molar-refractivity contribution < 1.29 is 9.84 Å². The number of nitrogens with one attached hydrogen (secondary N) is 1. The number of hydrogen-bond donors (Lipinski definition) is 2. The summed E-state index contributed by atoms with van der Waals surface area (Å²) in [6, 6.07) is 13.7. The quantitative estimate of drug-likeness (QED) is 0.715. The number of ether oxygens (including phenoxy) is 1. The predicted octanol–water partition coefficient (Wildman–Crippen LogP) is 5.06. The number of aliphatic imine (C=N–C) groups is 1. The maximum atomic E-state index is 10.3. The van der Waals surface area contributed by atoms with Gasteiger partial charge in [0.15, 0.2) is 0 Å². The monoisotopic (exact) mass is 416 g/mol. The van der Waals surface area contributed by atoms with Crippen LogP contribution in [0.5, 0.6) is 11.5 Å². The number of aromatic hydroxyl groups is 1. The molecule has 3 rings (SSSR count). The second kappa shape index (κ2) is 8.23. The summed E-state index contributed by atoms with van der Waals surface area (Å²) in [5.41, 5.74) is 3.04. The van der Waals surface area contributed by atoms with Crippen molar-refractivity contribution in [2.75, 3.05) is 6.61 Å². The molecule has 2 aromatic carbocycles. The summed E-state index contributed by atoms with van der Waals surface area (Å²) in [7, 11) is 0. The number of phenols is 1. The van der Waals surface area contributed by atoms with Crippen molar-refractivity contribution in [3.63, 3.8) is 0 Å². The zero-order valence-corrected chi connectivity index (χ0v) is 17.0. The maximum Gasteiger partial charge on any atom is 0.120 e. The van der Waals surface area contributed by atoms with Crippen molar-refractivity contribution in [1.82, 2.24) is 5.32 Å². The third-order valence-electron chi connectivity index (χ3n) is 4.56. The van der Waals surface area contributed by atoms with Crippen LogP contribution in [-0.2, 0) is 0 Å². The first-order chi connectivity index (χ1) is 12.5. The minimum absolute atomic E-state index is 0.00806. The number of benzene rings is 2. The summed E-state index contributed by atoms with van der Waals surface area (Å²) in [5.74, 6) is 1.53. The Balaban J connectivity index is 1.92. The van der Waals surface area contributed by atoms with Gasteiger partial charge >= 0.3 is 0 Å².